The molecule has 3 nitrogen and oxygen atoms in total. The second-order valence-corrected chi connectivity index (χ2v) is 6.54. The van der Waals surface area contributed by atoms with Crippen LogP contribution in [0.25, 0.3) is 0 Å². The standard InChI is InChI=1S/C16H17ClN2OS/c1-12(21-15-8-4-3-7-14(15)17)16(20)19(2)11-13-6-5-9-18-10-13/h3-10,12H,11H2,1-2H3. The van der Waals surface area contributed by atoms with Crippen molar-refractivity contribution in [2.75, 3.05) is 7.05 Å². The summed E-state index contributed by atoms with van der Waals surface area (Å²) in [6.45, 7) is 2.45. The fourth-order valence-electron chi connectivity index (χ4n) is 1.93. The molecule has 0 saturated heterocycles. The van der Waals surface area contributed by atoms with Crippen LogP contribution < -0.4 is 0 Å². The molecule has 1 heterocycles. The number of aromatic nitrogens is 1. The molecular formula is C16H17ClN2OS. The molecule has 0 spiro atoms. The van der Waals surface area contributed by atoms with E-state index < -0.39 is 0 Å². The summed E-state index contributed by atoms with van der Waals surface area (Å²) in [5.41, 5.74) is 1.02. The zero-order valence-electron chi connectivity index (χ0n) is 12.0. The highest BCUT2D eigenvalue weighted by Gasteiger charge is 2.19. The number of thioether (sulfide) groups is 1. The van der Waals surface area contributed by atoms with Crippen molar-refractivity contribution in [2.24, 2.45) is 0 Å². The molecule has 1 aromatic carbocycles. The Hall–Kier alpha value is -1.52. The predicted octanol–water partition coefficient (Wildman–Crippen LogP) is 3.87. The van der Waals surface area contributed by atoms with Gasteiger partial charge in [-0.05, 0) is 30.7 Å². The average Bonchev–Trinajstić information content (AvgIpc) is 2.49. The molecule has 0 N–H and O–H groups in total. The Kier molecular flexibility index (Phi) is 5.65. The van der Waals surface area contributed by atoms with E-state index in [4.69, 9.17) is 11.6 Å². The third-order valence-electron chi connectivity index (χ3n) is 3.01. The summed E-state index contributed by atoms with van der Waals surface area (Å²) in [7, 11) is 1.80. The number of rotatable bonds is 5. The van der Waals surface area contributed by atoms with Crippen LogP contribution in [0.3, 0.4) is 0 Å². The van der Waals surface area contributed by atoms with Crippen LogP contribution in [0, 0.1) is 0 Å². The fourth-order valence-corrected chi connectivity index (χ4v) is 3.20. The highest BCUT2D eigenvalue weighted by Crippen LogP contribution is 2.30. The Morgan fingerprint density at radius 3 is 2.76 bits per heavy atom. The largest absolute Gasteiger partial charge is 0.340 e. The van der Waals surface area contributed by atoms with Crippen LogP contribution in [0.15, 0.2) is 53.7 Å². The molecule has 1 amide bonds. The Balaban J connectivity index is 1.97. The maximum absolute atomic E-state index is 12.4. The molecule has 0 bridgehead atoms. The van der Waals surface area contributed by atoms with Crippen molar-refractivity contribution in [3.8, 4) is 0 Å². The molecule has 21 heavy (non-hydrogen) atoms. The zero-order chi connectivity index (χ0) is 15.2. The number of nitrogens with zero attached hydrogens (tertiary/aromatic N) is 2. The van der Waals surface area contributed by atoms with Crippen molar-refractivity contribution in [1.29, 1.82) is 0 Å². The van der Waals surface area contributed by atoms with Gasteiger partial charge in [-0.3, -0.25) is 9.78 Å². The van der Waals surface area contributed by atoms with Crippen molar-refractivity contribution in [3.05, 3.63) is 59.4 Å². The molecule has 1 aromatic heterocycles. The molecule has 1 unspecified atom stereocenters. The van der Waals surface area contributed by atoms with Gasteiger partial charge in [0.15, 0.2) is 0 Å². The minimum absolute atomic E-state index is 0.0729. The van der Waals surface area contributed by atoms with Gasteiger partial charge < -0.3 is 4.90 Å². The molecule has 0 aliphatic carbocycles. The van der Waals surface area contributed by atoms with Crippen molar-refractivity contribution in [2.45, 2.75) is 23.6 Å². The average molecular weight is 321 g/mol. The Morgan fingerprint density at radius 1 is 1.33 bits per heavy atom. The first-order valence-corrected chi connectivity index (χ1v) is 7.88. The van der Waals surface area contributed by atoms with Gasteiger partial charge in [0.1, 0.15) is 0 Å². The lowest BCUT2D eigenvalue weighted by molar-refractivity contribution is -0.129. The van der Waals surface area contributed by atoms with E-state index in [2.05, 4.69) is 4.98 Å². The summed E-state index contributed by atoms with van der Waals surface area (Å²) < 4.78 is 0. The number of carbonyl (C=O) groups is 1. The normalized spacial score (nSPS) is 12.0. The Morgan fingerprint density at radius 2 is 2.10 bits per heavy atom. The molecule has 1 atom stereocenters. The molecule has 0 fully saturated rings. The fraction of sp³-hybridized carbons (Fsp3) is 0.250. The molecule has 0 saturated carbocycles. The maximum Gasteiger partial charge on any atom is 0.235 e. The van der Waals surface area contributed by atoms with Gasteiger partial charge in [-0.25, -0.2) is 0 Å². The van der Waals surface area contributed by atoms with Crippen LogP contribution in [0.2, 0.25) is 5.02 Å². The van der Waals surface area contributed by atoms with Gasteiger partial charge in [0, 0.05) is 30.9 Å². The lowest BCUT2D eigenvalue weighted by Gasteiger charge is -2.21. The predicted molar refractivity (Wildman–Crippen MR) is 87.5 cm³/mol. The van der Waals surface area contributed by atoms with E-state index in [9.17, 15) is 4.79 Å². The molecule has 110 valence electrons. The van der Waals surface area contributed by atoms with Crippen molar-refractivity contribution in [3.63, 3.8) is 0 Å². The van der Waals surface area contributed by atoms with Crippen LogP contribution >= 0.6 is 23.4 Å². The summed E-state index contributed by atoms with van der Waals surface area (Å²) in [4.78, 5) is 19.1. The van der Waals surface area contributed by atoms with E-state index in [0.717, 1.165) is 10.5 Å². The van der Waals surface area contributed by atoms with Gasteiger partial charge in [-0.15, -0.1) is 11.8 Å². The second-order valence-electron chi connectivity index (χ2n) is 4.75. The van der Waals surface area contributed by atoms with E-state index in [1.54, 1.807) is 24.3 Å². The summed E-state index contributed by atoms with van der Waals surface area (Å²) in [6, 6.07) is 11.4. The number of benzene rings is 1. The molecule has 0 radical (unpaired) electrons. The highest BCUT2D eigenvalue weighted by molar-refractivity contribution is 8.00. The number of hydrogen-bond donors (Lipinski definition) is 0. The van der Waals surface area contributed by atoms with Gasteiger partial charge in [0.05, 0.1) is 10.3 Å². The lowest BCUT2D eigenvalue weighted by Crippen LogP contribution is -2.32. The number of halogens is 1. The molecule has 5 heteroatoms. The minimum atomic E-state index is -0.188. The minimum Gasteiger partial charge on any atom is -0.340 e. The van der Waals surface area contributed by atoms with Crippen LogP contribution in [-0.2, 0) is 11.3 Å². The van der Waals surface area contributed by atoms with Crippen LogP contribution in [0.5, 0.6) is 0 Å². The number of hydrogen-bond acceptors (Lipinski definition) is 3. The van der Waals surface area contributed by atoms with E-state index in [0.29, 0.717) is 11.6 Å². The molecule has 2 aromatic rings. The first kappa shape index (κ1) is 15.9. The van der Waals surface area contributed by atoms with Crippen molar-refractivity contribution >= 4 is 29.3 Å². The van der Waals surface area contributed by atoms with Gasteiger partial charge in [-0.1, -0.05) is 29.8 Å². The first-order valence-electron chi connectivity index (χ1n) is 6.63. The monoisotopic (exact) mass is 320 g/mol. The Labute approximate surface area is 134 Å². The van der Waals surface area contributed by atoms with Gasteiger partial charge in [0.2, 0.25) is 5.91 Å². The van der Waals surface area contributed by atoms with E-state index in [1.165, 1.54) is 11.8 Å². The lowest BCUT2D eigenvalue weighted by atomic mass is 10.2. The van der Waals surface area contributed by atoms with Gasteiger partial charge >= 0.3 is 0 Å². The summed E-state index contributed by atoms with van der Waals surface area (Å²) in [6.07, 6.45) is 3.50. The van der Waals surface area contributed by atoms with Crippen molar-refractivity contribution < 1.29 is 4.79 Å². The quantitative estimate of drug-likeness (QED) is 0.784. The molecule has 0 aliphatic heterocycles. The summed E-state index contributed by atoms with van der Waals surface area (Å²) in [5.74, 6) is 0.0729. The summed E-state index contributed by atoms with van der Waals surface area (Å²) >= 11 is 7.61. The summed E-state index contributed by atoms with van der Waals surface area (Å²) in [5, 5.41) is 0.489. The second kappa shape index (κ2) is 7.48. The Bertz CT molecular complexity index is 606. The van der Waals surface area contributed by atoms with Crippen LogP contribution in [-0.4, -0.2) is 28.1 Å². The molecule has 2 rings (SSSR count). The SMILES string of the molecule is CC(Sc1ccccc1Cl)C(=O)N(C)Cc1cccnc1. The first-order chi connectivity index (χ1) is 10.1. The van der Waals surface area contributed by atoms with Gasteiger partial charge in [0.25, 0.3) is 0 Å². The third kappa shape index (κ3) is 4.48. The maximum atomic E-state index is 12.4. The van der Waals surface area contributed by atoms with Crippen LogP contribution in [0.4, 0.5) is 0 Å². The topological polar surface area (TPSA) is 33.2 Å². The van der Waals surface area contributed by atoms with Gasteiger partial charge in [-0.2, -0.15) is 0 Å². The van der Waals surface area contributed by atoms with Crippen LogP contribution in [0.1, 0.15) is 12.5 Å². The van der Waals surface area contributed by atoms with E-state index >= 15 is 0 Å². The third-order valence-corrected chi connectivity index (χ3v) is 4.61. The number of amides is 1. The van der Waals surface area contributed by atoms with E-state index in [1.807, 2.05) is 43.3 Å². The number of carbonyl (C=O) groups excluding carboxylic acids is 1. The van der Waals surface area contributed by atoms with Crippen molar-refractivity contribution in [1.82, 2.24) is 9.88 Å². The van der Waals surface area contributed by atoms with E-state index in [-0.39, 0.29) is 11.2 Å². The zero-order valence-corrected chi connectivity index (χ0v) is 13.6. The molecule has 0 aliphatic rings. The highest BCUT2D eigenvalue weighted by atomic mass is 35.5. The molecular weight excluding hydrogens is 304 g/mol. The smallest absolute Gasteiger partial charge is 0.235 e. The number of pyridine rings is 1.